The van der Waals surface area contributed by atoms with Crippen molar-refractivity contribution in [2.45, 2.75) is 19.4 Å². The number of thioether (sulfide) groups is 1. The molecule has 166 valence electrons. The number of nitrogens with zero attached hydrogens (tertiary/aromatic N) is 4. The zero-order chi connectivity index (χ0) is 22.1. The van der Waals surface area contributed by atoms with Crippen LogP contribution in [0.4, 0.5) is 5.69 Å². The van der Waals surface area contributed by atoms with E-state index in [2.05, 4.69) is 9.88 Å². The van der Waals surface area contributed by atoms with Crippen molar-refractivity contribution in [2.24, 2.45) is 5.92 Å². The van der Waals surface area contributed by atoms with Crippen molar-refractivity contribution in [3.8, 4) is 0 Å². The zero-order valence-corrected chi connectivity index (χ0v) is 18.7. The van der Waals surface area contributed by atoms with Crippen LogP contribution in [0.5, 0.6) is 0 Å². The van der Waals surface area contributed by atoms with Gasteiger partial charge in [-0.25, -0.2) is 0 Å². The third-order valence-electron chi connectivity index (χ3n) is 6.50. The Bertz CT molecular complexity index is 1040. The van der Waals surface area contributed by atoms with E-state index in [-0.39, 0.29) is 30.2 Å². The first-order chi connectivity index (χ1) is 15.6. The van der Waals surface area contributed by atoms with E-state index < -0.39 is 0 Å². The zero-order valence-electron chi connectivity index (χ0n) is 17.9. The molecule has 1 aromatic heterocycles. The minimum absolute atomic E-state index is 0.0668. The summed E-state index contributed by atoms with van der Waals surface area (Å²) < 4.78 is 0. The van der Waals surface area contributed by atoms with Gasteiger partial charge in [0.15, 0.2) is 0 Å². The molecule has 4 heterocycles. The lowest BCUT2D eigenvalue weighted by Gasteiger charge is -2.37. The number of imide groups is 1. The third-order valence-corrected chi connectivity index (χ3v) is 7.44. The number of hydrogen-bond acceptors (Lipinski definition) is 6. The Labute approximate surface area is 191 Å². The summed E-state index contributed by atoms with van der Waals surface area (Å²) in [7, 11) is 0. The van der Waals surface area contributed by atoms with Gasteiger partial charge in [0.05, 0.1) is 29.3 Å². The topological polar surface area (TPSA) is 73.8 Å². The summed E-state index contributed by atoms with van der Waals surface area (Å²) >= 11 is 1.89. The molecule has 0 unspecified atom stereocenters. The molecular weight excluding hydrogens is 424 g/mol. The first kappa shape index (κ1) is 21.0. The molecular formula is C24H26N4O3S. The molecule has 8 heteroatoms. The fourth-order valence-electron chi connectivity index (χ4n) is 4.83. The van der Waals surface area contributed by atoms with Crippen LogP contribution in [0.1, 0.15) is 39.1 Å². The van der Waals surface area contributed by atoms with Crippen LogP contribution in [0.25, 0.3) is 0 Å². The molecule has 2 saturated heterocycles. The Morgan fingerprint density at radius 2 is 1.81 bits per heavy atom. The van der Waals surface area contributed by atoms with Crippen molar-refractivity contribution in [3.05, 3.63) is 59.4 Å². The Morgan fingerprint density at radius 1 is 1.03 bits per heavy atom. The van der Waals surface area contributed by atoms with Gasteiger partial charge in [0.2, 0.25) is 5.91 Å². The molecule has 2 aromatic rings. The van der Waals surface area contributed by atoms with Crippen molar-refractivity contribution in [1.29, 1.82) is 0 Å². The maximum absolute atomic E-state index is 13.3. The lowest BCUT2D eigenvalue weighted by atomic mass is 9.94. The second-order valence-electron chi connectivity index (χ2n) is 8.47. The van der Waals surface area contributed by atoms with E-state index in [9.17, 15) is 14.4 Å². The van der Waals surface area contributed by atoms with E-state index in [0.29, 0.717) is 17.7 Å². The van der Waals surface area contributed by atoms with Gasteiger partial charge >= 0.3 is 0 Å². The number of aromatic nitrogens is 1. The lowest BCUT2D eigenvalue weighted by molar-refractivity contribution is -0.135. The molecule has 3 aliphatic heterocycles. The van der Waals surface area contributed by atoms with Gasteiger partial charge in [-0.1, -0.05) is 6.07 Å². The van der Waals surface area contributed by atoms with E-state index in [0.717, 1.165) is 55.2 Å². The molecule has 0 saturated carbocycles. The van der Waals surface area contributed by atoms with Crippen LogP contribution >= 0.6 is 11.8 Å². The monoisotopic (exact) mass is 450 g/mol. The molecule has 32 heavy (non-hydrogen) atoms. The van der Waals surface area contributed by atoms with Crippen LogP contribution in [0.2, 0.25) is 0 Å². The summed E-state index contributed by atoms with van der Waals surface area (Å²) in [5.74, 6) is 1.63. The van der Waals surface area contributed by atoms with Gasteiger partial charge in [-0.05, 0) is 42.7 Å². The molecule has 0 aliphatic carbocycles. The highest BCUT2D eigenvalue weighted by atomic mass is 32.2. The largest absolute Gasteiger partial charge is 0.370 e. The van der Waals surface area contributed by atoms with Gasteiger partial charge < -0.3 is 9.80 Å². The first-order valence-electron chi connectivity index (χ1n) is 11.1. The highest BCUT2D eigenvalue weighted by Gasteiger charge is 2.39. The number of benzene rings is 1. The molecule has 1 atom stereocenters. The van der Waals surface area contributed by atoms with Crippen molar-refractivity contribution < 1.29 is 14.4 Å². The molecule has 5 rings (SSSR count). The predicted octanol–water partition coefficient (Wildman–Crippen LogP) is 2.67. The third kappa shape index (κ3) is 3.88. The Kier molecular flexibility index (Phi) is 5.87. The number of anilines is 1. The molecule has 0 radical (unpaired) electrons. The number of fused-ring (bicyclic) bond motifs is 1. The Morgan fingerprint density at radius 3 is 2.59 bits per heavy atom. The van der Waals surface area contributed by atoms with Crippen LogP contribution in [0.3, 0.4) is 0 Å². The number of rotatable bonds is 4. The number of pyridine rings is 1. The highest BCUT2D eigenvalue weighted by Crippen LogP contribution is 2.35. The number of piperidine rings is 1. The molecule has 1 aromatic carbocycles. The average Bonchev–Trinajstić information content (AvgIpc) is 3.10. The van der Waals surface area contributed by atoms with E-state index in [1.165, 1.54) is 4.90 Å². The molecule has 3 aliphatic rings. The summed E-state index contributed by atoms with van der Waals surface area (Å²) in [5.41, 5.74) is 2.54. The SMILES string of the molecule is O=C([C@H]1CCCN(c2cccc3c2C(=O)N(Cc2ccncc2)C3=O)C1)N1CCSCC1. The standard InChI is InChI=1S/C24H26N4O3S/c29-22(26-11-13-32-14-12-26)18-3-2-10-27(16-18)20-5-1-4-19-21(20)24(31)28(23(19)30)15-17-6-8-25-9-7-17/h1,4-9,18H,2-3,10-16H2/t18-/m0/s1. The summed E-state index contributed by atoms with van der Waals surface area (Å²) in [4.78, 5) is 48.9. The molecule has 2 fully saturated rings. The fourth-order valence-corrected chi connectivity index (χ4v) is 5.74. The second-order valence-corrected chi connectivity index (χ2v) is 9.70. The van der Waals surface area contributed by atoms with Crippen molar-refractivity contribution >= 4 is 35.2 Å². The summed E-state index contributed by atoms with van der Waals surface area (Å²) in [6, 6.07) is 9.09. The van der Waals surface area contributed by atoms with E-state index >= 15 is 0 Å². The summed E-state index contributed by atoms with van der Waals surface area (Å²) in [5, 5.41) is 0. The van der Waals surface area contributed by atoms with E-state index in [1.54, 1.807) is 18.5 Å². The summed E-state index contributed by atoms with van der Waals surface area (Å²) in [6.07, 6.45) is 5.08. The van der Waals surface area contributed by atoms with E-state index in [1.807, 2.05) is 40.9 Å². The van der Waals surface area contributed by atoms with Crippen molar-refractivity contribution in [1.82, 2.24) is 14.8 Å². The molecule has 0 spiro atoms. The van der Waals surface area contributed by atoms with Gasteiger partial charge in [-0.2, -0.15) is 11.8 Å². The number of amides is 3. The molecule has 0 N–H and O–H groups in total. The van der Waals surface area contributed by atoms with Gasteiger partial charge in [0.25, 0.3) is 11.8 Å². The highest BCUT2D eigenvalue weighted by molar-refractivity contribution is 7.99. The van der Waals surface area contributed by atoms with Gasteiger partial charge in [-0.3, -0.25) is 24.3 Å². The van der Waals surface area contributed by atoms with Gasteiger partial charge in [0.1, 0.15) is 0 Å². The summed E-state index contributed by atoms with van der Waals surface area (Å²) in [6.45, 7) is 3.23. The van der Waals surface area contributed by atoms with Crippen molar-refractivity contribution in [3.63, 3.8) is 0 Å². The smallest absolute Gasteiger partial charge is 0.263 e. The lowest BCUT2D eigenvalue weighted by Crippen LogP contribution is -2.47. The minimum atomic E-state index is -0.265. The number of carbonyl (C=O) groups excluding carboxylic acids is 3. The molecule has 0 bridgehead atoms. The predicted molar refractivity (Wildman–Crippen MR) is 124 cm³/mol. The average molecular weight is 451 g/mol. The normalized spacial score (nSPS) is 21.1. The van der Waals surface area contributed by atoms with E-state index in [4.69, 9.17) is 0 Å². The van der Waals surface area contributed by atoms with Crippen LogP contribution in [0.15, 0.2) is 42.7 Å². The molecule has 7 nitrogen and oxygen atoms in total. The number of carbonyl (C=O) groups is 3. The quantitative estimate of drug-likeness (QED) is 0.667. The maximum atomic E-state index is 13.3. The van der Waals surface area contributed by atoms with Gasteiger partial charge in [0, 0.05) is 50.1 Å². The Balaban J connectivity index is 1.38. The van der Waals surface area contributed by atoms with Crippen LogP contribution in [-0.4, -0.2) is 70.2 Å². The Hall–Kier alpha value is -2.87. The minimum Gasteiger partial charge on any atom is -0.370 e. The maximum Gasteiger partial charge on any atom is 0.263 e. The van der Waals surface area contributed by atoms with Crippen LogP contribution < -0.4 is 4.90 Å². The second kappa shape index (κ2) is 8.94. The number of hydrogen-bond donors (Lipinski definition) is 0. The van der Waals surface area contributed by atoms with Crippen LogP contribution in [-0.2, 0) is 11.3 Å². The molecule has 3 amide bonds. The van der Waals surface area contributed by atoms with Gasteiger partial charge in [-0.15, -0.1) is 0 Å². The fraction of sp³-hybridized carbons (Fsp3) is 0.417. The van der Waals surface area contributed by atoms with Crippen LogP contribution in [0, 0.1) is 5.92 Å². The first-order valence-corrected chi connectivity index (χ1v) is 12.3. The van der Waals surface area contributed by atoms with Crippen molar-refractivity contribution in [2.75, 3.05) is 42.6 Å².